The van der Waals surface area contributed by atoms with Crippen molar-refractivity contribution in [1.82, 2.24) is 0 Å². The maximum absolute atomic E-state index is 6.07. The summed E-state index contributed by atoms with van der Waals surface area (Å²) < 4.78 is 1.06. The third-order valence-corrected chi connectivity index (χ3v) is 2.94. The van der Waals surface area contributed by atoms with Crippen LogP contribution in [0.2, 0.25) is 5.02 Å². The molecule has 13 heavy (non-hydrogen) atoms. The van der Waals surface area contributed by atoms with Gasteiger partial charge in [-0.2, -0.15) is 0 Å². The summed E-state index contributed by atoms with van der Waals surface area (Å²) in [7, 11) is 0. The molecule has 0 saturated heterocycles. The van der Waals surface area contributed by atoms with Crippen molar-refractivity contribution in [3.63, 3.8) is 0 Å². The molecular weight excluding hydrogens is 249 g/mol. The molecule has 0 bridgehead atoms. The zero-order valence-electron chi connectivity index (χ0n) is 7.06. The SMILES string of the molecule is Clc1ccc(Br)cc1C1=NCCC1. The lowest BCUT2D eigenvalue weighted by Gasteiger charge is -2.03. The Hall–Kier alpha value is -0.340. The van der Waals surface area contributed by atoms with E-state index in [1.807, 2.05) is 18.2 Å². The Labute approximate surface area is 91.0 Å². The highest BCUT2D eigenvalue weighted by atomic mass is 79.9. The normalized spacial score (nSPS) is 16.0. The Balaban J connectivity index is 2.43. The van der Waals surface area contributed by atoms with Gasteiger partial charge in [-0.15, -0.1) is 0 Å². The van der Waals surface area contributed by atoms with Crippen molar-refractivity contribution in [3.8, 4) is 0 Å². The number of nitrogens with zero attached hydrogens (tertiary/aromatic N) is 1. The average molecular weight is 259 g/mol. The van der Waals surface area contributed by atoms with Crippen LogP contribution in [0.3, 0.4) is 0 Å². The molecule has 68 valence electrons. The summed E-state index contributed by atoms with van der Waals surface area (Å²) >= 11 is 9.50. The molecule has 1 aliphatic rings. The smallest absolute Gasteiger partial charge is 0.0497 e. The van der Waals surface area contributed by atoms with Crippen LogP contribution in [-0.2, 0) is 0 Å². The van der Waals surface area contributed by atoms with E-state index in [0.717, 1.165) is 40.2 Å². The minimum atomic E-state index is 0.795. The fourth-order valence-electron chi connectivity index (χ4n) is 1.48. The standard InChI is InChI=1S/C10H9BrClN/c11-7-3-4-9(12)8(6-7)10-2-1-5-13-10/h3-4,6H,1-2,5H2. The van der Waals surface area contributed by atoms with Crippen LogP contribution in [0.25, 0.3) is 0 Å². The summed E-state index contributed by atoms with van der Waals surface area (Å²) in [4.78, 5) is 4.42. The Bertz CT molecular complexity index is 360. The Morgan fingerprint density at radius 1 is 1.38 bits per heavy atom. The molecule has 2 rings (SSSR count). The van der Waals surface area contributed by atoms with E-state index in [4.69, 9.17) is 11.6 Å². The van der Waals surface area contributed by atoms with Crippen LogP contribution in [0.4, 0.5) is 0 Å². The zero-order chi connectivity index (χ0) is 9.26. The van der Waals surface area contributed by atoms with E-state index >= 15 is 0 Å². The molecule has 0 unspecified atom stereocenters. The summed E-state index contributed by atoms with van der Waals surface area (Å²) in [6, 6.07) is 5.88. The van der Waals surface area contributed by atoms with Gasteiger partial charge in [0.05, 0.1) is 0 Å². The molecule has 0 aromatic heterocycles. The van der Waals surface area contributed by atoms with Gasteiger partial charge in [0.15, 0.2) is 0 Å². The quantitative estimate of drug-likeness (QED) is 0.728. The number of benzene rings is 1. The van der Waals surface area contributed by atoms with E-state index in [-0.39, 0.29) is 0 Å². The number of hydrogen-bond donors (Lipinski definition) is 0. The Morgan fingerprint density at radius 2 is 2.23 bits per heavy atom. The monoisotopic (exact) mass is 257 g/mol. The van der Waals surface area contributed by atoms with Crippen molar-refractivity contribution in [2.45, 2.75) is 12.8 Å². The van der Waals surface area contributed by atoms with Gasteiger partial charge in [0.1, 0.15) is 0 Å². The van der Waals surface area contributed by atoms with Crippen LogP contribution in [0.5, 0.6) is 0 Å². The van der Waals surface area contributed by atoms with Crippen molar-refractivity contribution in [2.24, 2.45) is 4.99 Å². The molecule has 0 radical (unpaired) electrons. The lowest BCUT2D eigenvalue weighted by atomic mass is 10.1. The summed E-state index contributed by atoms with van der Waals surface area (Å²) in [6.07, 6.45) is 2.20. The minimum absolute atomic E-state index is 0.795. The minimum Gasteiger partial charge on any atom is -0.289 e. The van der Waals surface area contributed by atoms with Crippen molar-refractivity contribution < 1.29 is 0 Å². The van der Waals surface area contributed by atoms with Gasteiger partial charge in [-0.1, -0.05) is 27.5 Å². The van der Waals surface area contributed by atoms with Crippen LogP contribution in [-0.4, -0.2) is 12.3 Å². The number of halogens is 2. The van der Waals surface area contributed by atoms with E-state index < -0.39 is 0 Å². The Kier molecular flexibility index (Phi) is 2.70. The molecule has 1 aliphatic heterocycles. The lowest BCUT2D eigenvalue weighted by Crippen LogP contribution is -1.96. The second-order valence-electron chi connectivity index (χ2n) is 3.06. The maximum Gasteiger partial charge on any atom is 0.0497 e. The van der Waals surface area contributed by atoms with Gasteiger partial charge in [-0.25, -0.2) is 0 Å². The predicted molar refractivity (Wildman–Crippen MR) is 59.8 cm³/mol. The molecular formula is C10H9BrClN. The first-order valence-corrected chi connectivity index (χ1v) is 5.43. The molecule has 1 aromatic rings. The largest absolute Gasteiger partial charge is 0.289 e. The summed E-state index contributed by atoms with van der Waals surface area (Å²) in [5, 5.41) is 0.795. The van der Waals surface area contributed by atoms with Gasteiger partial charge in [0.2, 0.25) is 0 Å². The molecule has 0 fully saturated rings. The van der Waals surface area contributed by atoms with Crippen molar-refractivity contribution in [2.75, 3.05) is 6.54 Å². The first-order valence-electron chi connectivity index (χ1n) is 4.26. The van der Waals surface area contributed by atoms with Gasteiger partial charge in [-0.05, 0) is 31.0 Å². The average Bonchev–Trinajstić information content (AvgIpc) is 2.61. The highest BCUT2D eigenvalue weighted by molar-refractivity contribution is 9.10. The lowest BCUT2D eigenvalue weighted by molar-refractivity contribution is 0.951. The van der Waals surface area contributed by atoms with Crippen LogP contribution >= 0.6 is 27.5 Å². The third-order valence-electron chi connectivity index (χ3n) is 2.11. The van der Waals surface area contributed by atoms with E-state index in [1.165, 1.54) is 0 Å². The number of hydrogen-bond acceptors (Lipinski definition) is 1. The van der Waals surface area contributed by atoms with Crippen molar-refractivity contribution in [3.05, 3.63) is 33.3 Å². The van der Waals surface area contributed by atoms with E-state index in [2.05, 4.69) is 20.9 Å². The van der Waals surface area contributed by atoms with Crippen LogP contribution in [0, 0.1) is 0 Å². The zero-order valence-corrected chi connectivity index (χ0v) is 9.40. The van der Waals surface area contributed by atoms with Crippen LogP contribution in [0.15, 0.2) is 27.7 Å². The highest BCUT2D eigenvalue weighted by Crippen LogP contribution is 2.24. The summed E-state index contributed by atoms with van der Waals surface area (Å²) in [6.45, 7) is 0.943. The van der Waals surface area contributed by atoms with E-state index in [1.54, 1.807) is 0 Å². The molecule has 0 N–H and O–H groups in total. The summed E-state index contributed by atoms with van der Waals surface area (Å²) in [5.41, 5.74) is 2.22. The first-order chi connectivity index (χ1) is 6.27. The van der Waals surface area contributed by atoms with E-state index in [0.29, 0.717) is 0 Å². The van der Waals surface area contributed by atoms with Crippen molar-refractivity contribution in [1.29, 1.82) is 0 Å². The van der Waals surface area contributed by atoms with Crippen LogP contribution < -0.4 is 0 Å². The molecule has 1 heterocycles. The van der Waals surface area contributed by atoms with Gasteiger partial charge in [-0.3, -0.25) is 4.99 Å². The number of aliphatic imine (C=N–C) groups is 1. The number of rotatable bonds is 1. The van der Waals surface area contributed by atoms with Crippen molar-refractivity contribution >= 4 is 33.2 Å². The second kappa shape index (κ2) is 3.81. The fourth-order valence-corrected chi connectivity index (χ4v) is 2.07. The summed E-state index contributed by atoms with van der Waals surface area (Å²) in [5.74, 6) is 0. The molecule has 1 nitrogen and oxygen atoms in total. The maximum atomic E-state index is 6.07. The molecule has 3 heteroatoms. The molecule has 0 amide bonds. The topological polar surface area (TPSA) is 12.4 Å². The molecule has 0 saturated carbocycles. The molecule has 0 spiro atoms. The predicted octanol–water partition coefficient (Wildman–Crippen LogP) is 3.69. The van der Waals surface area contributed by atoms with Gasteiger partial charge in [0, 0.05) is 27.3 Å². The van der Waals surface area contributed by atoms with E-state index in [9.17, 15) is 0 Å². The fraction of sp³-hybridized carbons (Fsp3) is 0.300. The van der Waals surface area contributed by atoms with Crippen LogP contribution in [0.1, 0.15) is 18.4 Å². The van der Waals surface area contributed by atoms with Gasteiger partial charge < -0.3 is 0 Å². The molecule has 0 aliphatic carbocycles. The molecule has 0 atom stereocenters. The first kappa shape index (κ1) is 9.22. The van der Waals surface area contributed by atoms with Gasteiger partial charge >= 0.3 is 0 Å². The highest BCUT2D eigenvalue weighted by Gasteiger charge is 2.12. The second-order valence-corrected chi connectivity index (χ2v) is 4.38. The molecule has 1 aromatic carbocycles. The Morgan fingerprint density at radius 3 is 2.92 bits per heavy atom. The third kappa shape index (κ3) is 1.94. The van der Waals surface area contributed by atoms with Gasteiger partial charge in [0.25, 0.3) is 0 Å².